The molecule has 1 N–H and O–H groups in total. The second kappa shape index (κ2) is 17.0. The third kappa shape index (κ3) is 12.6. The van der Waals surface area contributed by atoms with Gasteiger partial charge in [0, 0.05) is 31.5 Å². The average molecular weight is 406 g/mol. The van der Waals surface area contributed by atoms with Crippen molar-refractivity contribution in [3.63, 3.8) is 0 Å². The SMILES string of the molecule is CCCCCCCCCCCCCCCCN1C=CN(CCC2CCCCN2)C1. The van der Waals surface area contributed by atoms with Crippen molar-refractivity contribution in [2.24, 2.45) is 0 Å². The lowest BCUT2D eigenvalue weighted by atomic mass is 10.0. The number of rotatable bonds is 18. The summed E-state index contributed by atoms with van der Waals surface area (Å²) in [5.41, 5.74) is 0. The van der Waals surface area contributed by atoms with E-state index in [1.165, 1.54) is 135 Å². The highest BCUT2D eigenvalue weighted by Crippen LogP contribution is 2.15. The maximum Gasteiger partial charge on any atom is 0.0893 e. The Morgan fingerprint density at radius 1 is 0.690 bits per heavy atom. The fourth-order valence-electron chi connectivity index (χ4n) is 4.81. The van der Waals surface area contributed by atoms with Gasteiger partial charge in [-0.1, -0.05) is 96.8 Å². The molecule has 1 unspecified atom stereocenters. The van der Waals surface area contributed by atoms with Crippen molar-refractivity contribution in [3.05, 3.63) is 12.4 Å². The summed E-state index contributed by atoms with van der Waals surface area (Å²) in [7, 11) is 0. The van der Waals surface area contributed by atoms with Crippen LogP contribution in [0, 0.1) is 0 Å². The van der Waals surface area contributed by atoms with E-state index in [1.807, 2.05) is 0 Å². The fourth-order valence-corrected chi connectivity index (χ4v) is 4.81. The molecular weight excluding hydrogens is 354 g/mol. The second-order valence-corrected chi connectivity index (χ2v) is 9.60. The monoisotopic (exact) mass is 405 g/mol. The molecule has 2 aliphatic rings. The molecule has 0 bridgehead atoms. The molecule has 2 aliphatic heterocycles. The first kappa shape index (κ1) is 24.6. The summed E-state index contributed by atoms with van der Waals surface area (Å²) in [4.78, 5) is 5.01. The summed E-state index contributed by atoms with van der Waals surface area (Å²) in [5.74, 6) is 0. The van der Waals surface area contributed by atoms with Crippen molar-refractivity contribution in [1.82, 2.24) is 15.1 Å². The molecule has 1 saturated heterocycles. The third-order valence-electron chi connectivity index (χ3n) is 6.83. The van der Waals surface area contributed by atoms with Gasteiger partial charge in [-0.3, -0.25) is 0 Å². The maximum absolute atomic E-state index is 3.67. The normalized spacial score (nSPS) is 19.4. The predicted octanol–water partition coefficient (Wildman–Crippen LogP) is 7.05. The second-order valence-electron chi connectivity index (χ2n) is 9.60. The smallest absolute Gasteiger partial charge is 0.0893 e. The Bertz CT molecular complexity index is 389. The van der Waals surface area contributed by atoms with Crippen LogP contribution < -0.4 is 5.32 Å². The number of piperidine rings is 1. The van der Waals surface area contributed by atoms with Crippen molar-refractivity contribution in [2.75, 3.05) is 26.3 Å². The van der Waals surface area contributed by atoms with Crippen LogP contribution in [0.25, 0.3) is 0 Å². The summed E-state index contributed by atoms with van der Waals surface area (Å²) in [6, 6.07) is 0.761. The van der Waals surface area contributed by atoms with Gasteiger partial charge in [0.05, 0.1) is 6.67 Å². The van der Waals surface area contributed by atoms with Crippen molar-refractivity contribution in [1.29, 1.82) is 0 Å². The van der Waals surface area contributed by atoms with Crippen molar-refractivity contribution >= 4 is 0 Å². The number of unbranched alkanes of at least 4 members (excludes halogenated alkanes) is 13. The molecule has 3 heteroatoms. The molecule has 0 radical (unpaired) electrons. The Balaban J connectivity index is 1.30. The molecule has 29 heavy (non-hydrogen) atoms. The number of hydrogen-bond acceptors (Lipinski definition) is 3. The van der Waals surface area contributed by atoms with Crippen LogP contribution in [0.1, 0.15) is 122 Å². The van der Waals surface area contributed by atoms with Crippen LogP contribution in [-0.4, -0.2) is 42.1 Å². The van der Waals surface area contributed by atoms with Crippen LogP contribution in [0.3, 0.4) is 0 Å². The third-order valence-corrected chi connectivity index (χ3v) is 6.83. The van der Waals surface area contributed by atoms with Gasteiger partial charge in [0.1, 0.15) is 0 Å². The topological polar surface area (TPSA) is 18.5 Å². The lowest BCUT2D eigenvalue weighted by molar-refractivity contribution is 0.244. The molecule has 3 nitrogen and oxygen atoms in total. The number of hydrogen-bond donors (Lipinski definition) is 1. The van der Waals surface area contributed by atoms with E-state index < -0.39 is 0 Å². The summed E-state index contributed by atoms with van der Waals surface area (Å²) >= 11 is 0. The van der Waals surface area contributed by atoms with Gasteiger partial charge >= 0.3 is 0 Å². The Kier molecular flexibility index (Phi) is 14.4. The highest BCUT2D eigenvalue weighted by atomic mass is 15.3. The van der Waals surface area contributed by atoms with E-state index in [2.05, 4.69) is 34.4 Å². The molecular formula is C26H51N3. The predicted molar refractivity (Wildman–Crippen MR) is 128 cm³/mol. The fraction of sp³-hybridized carbons (Fsp3) is 0.923. The van der Waals surface area contributed by atoms with Gasteiger partial charge in [-0.25, -0.2) is 0 Å². The van der Waals surface area contributed by atoms with Gasteiger partial charge < -0.3 is 15.1 Å². The average Bonchev–Trinajstić information content (AvgIpc) is 3.21. The Morgan fingerprint density at radius 2 is 1.24 bits per heavy atom. The minimum atomic E-state index is 0.761. The Labute approximate surface area is 182 Å². The van der Waals surface area contributed by atoms with Gasteiger partial charge in [0.25, 0.3) is 0 Å². The van der Waals surface area contributed by atoms with Crippen LogP contribution in [0.2, 0.25) is 0 Å². The van der Waals surface area contributed by atoms with Crippen molar-refractivity contribution in [2.45, 2.75) is 129 Å². The molecule has 2 rings (SSSR count). The Morgan fingerprint density at radius 3 is 1.79 bits per heavy atom. The molecule has 0 aliphatic carbocycles. The van der Waals surface area contributed by atoms with Crippen molar-refractivity contribution in [3.8, 4) is 0 Å². The van der Waals surface area contributed by atoms with Crippen LogP contribution in [0.4, 0.5) is 0 Å². The van der Waals surface area contributed by atoms with E-state index in [0.29, 0.717) is 0 Å². The molecule has 1 fully saturated rings. The minimum absolute atomic E-state index is 0.761. The van der Waals surface area contributed by atoms with Crippen molar-refractivity contribution < 1.29 is 0 Å². The first-order valence-corrected chi connectivity index (χ1v) is 13.3. The minimum Gasteiger partial charge on any atom is -0.359 e. The molecule has 0 amide bonds. The molecule has 2 heterocycles. The molecule has 0 saturated carbocycles. The van der Waals surface area contributed by atoms with E-state index in [0.717, 1.165) is 12.7 Å². The first-order valence-electron chi connectivity index (χ1n) is 13.3. The van der Waals surface area contributed by atoms with Crippen LogP contribution in [-0.2, 0) is 0 Å². The van der Waals surface area contributed by atoms with Gasteiger partial charge in [-0.15, -0.1) is 0 Å². The van der Waals surface area contributed by atoms with Gasteiger partial charge in [-0.05, 0) is 32.2 Å². The summed E-state index contributed by atoms with van der Waals surface area (Å²) in [6.07, 6.45) is 30.3. The molecule has 0 aromatic carbocycles. The van der Waals surface area contributed by atoms with Crippen LogP contribution >= 0.6 is 0 Å². The zero-order valence-electron chi connectivity index (χ0n) is 19.7. The lowest BCUT2D eigenvalue weighted by Gasteiger charge is -2.26. The van der Waals surface area contributed by atoms with E-state index in [4.69, 9.17) is 0 Å². The highest BCUT2D eigenvalue weighted by molar-refractivity contribution is 4.91. The lowest BCUT2D eigenvalue weighted by Crippen LogP contribution is -2.37. The Hall–Kier alpha value is -0.700. The van der Waals surface area contributed by atoms with Crippen LogP contribution in [0.15, 0.2) is 12.4 Å². The molecule has 0 aromatic rings. The molecule has 1 atom stereocenters. The van der Waals surface area contributed by atoms with Crippen LogP contribution in [0.5, 0.6) is 0 Å². The van der Waals surface area contributed by atoms with E-state index >= 15 is 0 Å². The first-order chi connectivity index (χ1) is 14.4. The number of nitrogens with one attached hydrogen (secondary N) is 1. The van der Waals surface area contributed by atoms with E-state index in [1.54, 1.807) is 0 Å². The number of nitrogens with zero attached hydrogens (tertiary/aromatic N) is 2. The quantitative estimate of drug-likeness (QED) is 0.247. The standard InChI is InChI=1S/C26H51N3/c1-2-3-4-5-6-7-8-9-10-11-12-13-14-17-21-28-23-24-29(25-28)22-19-26-18-15-16-20-27-26/h23-24,26-27H,2-22,25H2,1H3. The van der Waals surface area contributed by atoms with E-state index in [-0.39, 0.29) is 0 Å². The largest absolute Gasteiger partial charge is 0.359 e. The molecule has 0 aromatic heterocycles. The van der Waals surface area contributed by atoms with Gasteiger partial charge in [0.2, 0.25) is 0 Å². The van der Waals surface area contributed by atoms with Gasteiger partial charge in [-0.2, -0.15) is 0 Å². The molecule has 0 spiro atoms. The summed E-state index contributed by atoms with van der Waals surface area (Å²) in [6.45, 7) is 7.10. The van der Waals surface area contributed by atoms with E-state index in [9.17, 15) is 0 Å². The zero-order chi connectivity index (χ0) is 20.4. The highest BCUT2D eigenvalue weighted by Gasteiger charge is 2.16. The zero-order valence-corrected chi connectivity index (χ0v) is 19.7. The van der Waals surface area contributed by atoms with Gasteiger partial charge in [0.15, 0.2) is 0 Å². The summed E-state index contributed by atoms with van der Waals surface area (Å²) in [5, 5.41) is 3.67. The summed E-state index contributed by atoms with van der Waals surface area (Å²) < 4.78 is 0. The maximum atomic E-state index is 3.67. The molecule has 170 valence electrons.